The third kappa shape index (κ3) is 4.56. The summed E-state index contributed by atoms with van der Waals surface area (Å²) in [6.45, 7) is -0.0799. The van der Waals surface area contributed by atoms with Gasteiger partial charge in [-0.3, -0.25) is 9.10 Å². The van der Waals surface area contributed by atoms with Crippen molar-refractivity contribution in [2.75, 3.05) is 24.7 Å². The van der Waals surface area contributed by atoms with E-state index in [0.717, 1.165) is 22.1 Å². The lowest BCUT2D eigenvalue weighted by molar-refractivity contribution is 0.0964. The van der Waals surface area contributed by atoms with E-state index in [0.29, 0.717) is 21.0 Å². The largest absolute Gasteiger partial charge is 0.485 e. The lowest BCUT2D eigenvalue weighted by atomic mass is 10.0. The molecule has 0 bridgehead atoms. The Labute approximate surface area is 203 Å². The topological polar surface area (TPSA) is 115 Å². The molecule has 34 heavy (non-hydrogen) atoms. The minimum absolute atomic E-state index is 0.0799. The highest BCUT2D eigenvalue weighted by Crippen LogP contribution is 2.41. The lowest BCUT2D eigenvalue weighted by Gasteiger charge is -2.20. The highest BCUT2D eigenvalue weighted by Gasteiger charge is 2.26. The number of nitrogens with zero attached hydrogens (tertiary/aromatic N) is 3. The molecule has 0 saturated carbocycles. The van der Waals surface area contributed by atoms with Crippen LogP contribution in [0.2, 0.25) is 4.34 Å². The van der Waals surface area contributed by atoms with Gasteiger partial charge in [0, 0.05) is 42.6 Å². The van der Waals surface area contributed by atoms with Crippen LogP contribution in [0.25, 0.3) is 22.3 Å². The van der Waals surface area contributed by atoms with Gasteiger partial charge >= 0.3 is 0 Å². The minimum Gasteiger partial charge on any atom is -0.485 e. The van der Waals surface area contributed by atoms with Crippen molar-refractivity contribution in [1.29, 1.82) is 0 Å². The fourth-order valence-corrected chi connectivity index (χ4v) is 4.34. The van der Waals surface area contributed by atoms with Gasteiger partial charge in [-0.25, -0.2) is 12.8 Å². The molecule has 4 aromatic rings. The quantitative estimate of drug-likeness (QED) is 0.387. The normalized spacial score (nSPS) is 11.6. The molecule has 1 N–H and O–H groups in total. The number of sulfonamides is 1. The molecule has 4 rings (SSSR count). The molecule has 2 aromatic carbocycles. The van der Waals surface area contributed by atoms with E-state index in [1.165, 1.54) is 50.5 Å². The van der Waals surface area contributed by atoms with Crippen molar-refractivity contribution in [3.05, 3.63) is 57.8 Å². The first kappa shape index (κ1) is 23.9. The summed E-state index contributed by atoms with van der Waals surface area (Å²) in [5.41, 5.74) is 1.46. The van der Waals surface area contributed by atoms with Gasteiger partial charge in [-0.1, -0.05) is 16.1 Å². The van der Waals surface area contributed by atoms with E-state index in [4.69, 9.17) is 20.8 Å². The number of hydrogen-bond donors (Lipinski definition) is 1. The number of aromatic nitrogens is 2. The molecule has 0 aliphatic carbocycles. The summed E-state index contributed by atoms with van der Waals surface area (Å²) in [7, 11) is -0.836. The van der Waals surface area contributed by atoms with Crippen molar-refractivity contribution < 1.29 is 26.8 Å². The van der Waals surface area contributed by atoms with Crippen molar-refractivity contribution in [3.8, 4) is 17.1 Å². The Balaban J connectivity index is 1.93. The number of fused-ring (bicyclic) bond motifs is 1. The number of furan rings is 1. The fraction of sp³-hybridized carbons (Fsp3) is 0.190. The Morgan fingerprint density at radius 1 is 1.29 bits per heavy atom. The van der Waals surface area contributed by atoms with Crippen LogP contribution in [0.3, 0.4) is 0 Å². The van der Waals surface area contributed by atoms with Gasteiger partial charge in [0.25, 0.3) is 5.91 Å². The third-order valence-corrected chi connectivity index (χ3v) is 7.22. The van der Waals surface area contributed by atoms with Crippen LogP contribution in [0.4, 0.5) is 10.1 Å². The highest BCUT2D eigenvalue weighted by molar-refractivity contribution is 7.92. The molecule has 0 aliphatic heterocycles. The summed E-state index contributed by atoms with van der Waals surface area (Å²) in [4.78, 5) is 12.8. The molecule has 0 radical (unpaired) electrons. The second-order valence-corrected chi connectivity index (χ2v) is 10.6. The second kappa shape index (κ2) is 9.20. The van der Waals surface area contributed by atoms with Crippen molar-refractivity contribution in [2.24, 2.45) is 0 Å². The number of amides is 1. The van der Waals surface area contributed by atoms with Gasteiger partial charge in [0.15, 0.2) is 0 Å². The first-order valence-corrected chi connectivity index (χ1v) is 12.7. The van der Waals surface area contributed by atoms with Crippen LogP contribution in [0.5, 0.6) is 5.75 Å². The maximum Gasteiger partial charge on any atom is 0.255 e. The predicted molar refractivity (Wildman–Crippen MR) is 127 cm³/mol. The highest BCUT2D eigenvalue weighted by atomic mass is 35.5. The van der Waals surface area contributed by atoms with Crippen LogP contribution in [0, 0.1) is 5.82 Å². The monoisotopic (exact) mass is 524 g/mol. The van der Waals surface area contributed by atoms with E-state index >= 15 is 0 Å². The molecule has 0 saturated heterocycles. The van der Waals surface area contributed by atoms with Crippen molar-refractivity contribution in [2.45, 2.75) is 6.61 Å². The van der Waals surface area contributed by atoms with Crippen molar-refractivity contribution >= 4 is 55.7 Å². The number of carbonyl (C=O) groups is 1. The molecule has 0 fully saturated rings. The summed E-state index contributed by atoms with van der Waals surface area (Å²) >= 11 is 7.05. The number of ether oxygens (including phenoxy) is 1. The van der Waals surface area contributed by atoms with Gasteiger partial charge in [-0.2, -0.15) is 0 Å². The zero-order chi connectivity index (χ0) is 24.6. The van der Waals surface area contributed by atoms with Gasteiger partial charge < -0.3 is 14.5 Å². The van der Waals surface area contributed by atoms with Crippen molar-refractivity contribution in [1.82, 2.24) is 14.9 Å². The Kier molecular flexibility index (Phi) is 6.47. The average Bonchev–Trinajstić information content (AvgIpc) is 3.38. The van der Waals surface area contributed by atoms with Crippen LogP contribution < -0.4 is 14.4 Å². The van der Waals surface area contributed by atoms with E-state index < -0.39 is 21.7 Å². The first-order valence-electron chi connectivity index (χ1n) is 9.72. The molecule has 1 amide bonds. The van der Waals surface area contributed by atoms with Crippen LogP contribution >= 0.6 is 23.1 Å². The average molecular weight is 525 g/mol. The number of halogens is 2. The molecule has 0 unspecified atom stereocenters. The van der Waals surface area contributed by atoms with E-state index in [1.54, 1.807) is 0 Å². The molecule has 9 nitrogen and oxygen atoms in total. The molecule has 0 aliphatic rings. The maximum atomic E-state index is 13.5. The Bertz CT molecular complexity index is 1490. The Hall–Kier alpha value is -3.22. The first-order chi connectivity index (χ1) is 16.1. The van der Waals surface area contributed by atoms with E-state index in [9.17, 15) is 17.6 Å². The zero-order valence-electron chi connectivity index (χ0n) is 18.1. The second-order valence-electron chi connectivity index (χ2n) is 7.22. The smallest absolute Gasteiger partial charge is 0.255 e. The number of nitrogens with one attached hydrogen (secondary N) is 1. The molecule has 2 aromatic heterocycles. The summed E-state index contributed by atoms with van der Waals surface area (Å²) in [5.74, 6) is -0.531. The maximum absolute atomic E-state index is 13.5. The van der Waals surface area contributed by atoms with Gasteiger partial charge in [0.05, 0.1) is 17.5 Å². The van der Waals surface area contributed by atoms with Crippen LogP contribution in [0.15, 0.2) is 40.8 Å². The Morgan fingerprint density at radius 3 is 2.59 bits per heavy atom. The molecule has 178 valence electrons. The van der Waals surface area contributed by atoms with Crippen LogP contribution in [0.1, 0.15) is 16.1 Å². The number of benzene rings is 2. The van der Waals surface area contributed by atoms with E-state index in [1.807, 2.05) is 0 Å². The number of rotatable bonds is 7. The van der Waals surface area contributed by atoms with Gasteiger partial charge in [0.1, 0.15) is 39.5 Å². The molecular formula is C21H18ClFN4O5S2. The Morgan fingerprint density at radius 2 is 2.00 bits per heavy atom. The van der Waals surface area contributed by atoms with Crippen LogP contribution in [-0.2, 0) is 16.6 Å². The van der Waals surface area contributed by atoms with Gasteiger partial charge in [-0.05, 0) is 30.3 Å². The molecule has 13 heteroatoms. The van der Waals surface area contributed by atoms with Gasteiger partial charge in [0.2, 0.25) is 10.0 Å². The predicted octanol–water partition coefficient (Wildman–Crippen LogP) is 4.08. The number of carbonyl (C=O) groups excluding carboxylic acids is 1. The number of hydrogen-bond acceptors (Lipinski definition) is 8. The summed E-state index contributed by atoms with van der Waals surface area (Å²) in [6, 6.07) is 8.45. The molecular weight excluding hydrogens is 507 g/mol. The molecule has 0 spiro atoms. The van der Waals surface area contributed by atoms with Crippen LogP contribution in [-0.4, -0.2) is 44.3 Å². The summed E-state index contributed by atoms with van der Waals surface area (Å²) in [6.07, 6.45) is 1.05. The minimum atomic E-state index is -3.67. The summed E-state index contributed by atoms with van der Waals surface area (Å²) in [5, 5.41) is 6.84. The summed E-state index contributed by atoms with van der Waals surface area (Å²) < 4.78 is 55.0. The van der Waals surface area contributed by atoms with Gasteiger partial charge in [-0.15, -0.1) is 5.10 Å². The SMILES string of the molecule is CNC(=O)c1c(-c2ccc(F)cc2)oc2cc(N(C)S(C)(=O)=O)c(OCc3nnsc3Cl)cc12. The van der Waals surface area contributed by atoms with E-state index in [2.05, 4.69) is 14.9 Å². The molecule has 2 heterocycles. The number of anilines is 1. The van der Waals surface area contributed by atoms with E-state index in [-0.39, 0.29) is 35.0 Å². The lowest BCUT2D eigenvalue weighted by Crippen LogP contribution is -2.25. The third-order valence-electron chi connectivity index (χ3n) is 5.04. The van der Waals surface area contributed by atoms with Crippen molar-refractivity contribution in [3.63, 3.8) is 0 Å². The fourth-order valence-electron chi connectivity index (χ4n) is 3.24. The standard InChI is InChI=1S/C21H18ClFN4O5S2/c1-24-21(28)18-13-8-17(31-10-14-20(22)33-26-25-14)15(27(2)34(3,29)30)9-16(13)32-19(18)11-4-6-12(23)7-5-11/h4-9H,10H2,1-3H3,(H,24,28). The molecule has 0 atom stereocenters. The zero-order valence-corrected chi connectivity index (χ0v) is 20.5.